The summed E-state index contributed by atoms with van der Waals surface area (Å²) in [6.45, 7) is 0. The van der Waals surface area contributed by atoms with Gasteiger partial charge in [0.2, 0.25) is 0 Å². The molecule has 0 saturated heterocycles. The van der Waals surface area contributed by atoms with E-state index in [1.54, 1.807) is 65.6 Å². The van der Waals surface area contributed by atoms with Gasteiger partial charge in [0.1, 0.15) is 17.3 Å². The number of benzene rings is 3. The van der Waals surface area contributed by atoms with Crippen LogP contribution in [-0.2, 0) is 9.53 Å². The summed E-state index contributed by atoms with van der Waals surface area (Å²) in [5, 5.41) is 9.98. The number of esters is 1. The number of methoxy groups -OCH3 is 1. The SMILES string of the molecule is COC(=O)c1ccc(-c2ccc(/C=C3\C=C(c4ccccc4)N(c4cccc(O)c4)C3=O)o2)cc1. The van der Waals surface area contributed by atoms with Crippen LogP contribution in [0.5, 0.6) is 5.75 Å². The van der Waals surface area contributed by atoms with Gasteiger partial charge in [0.15, 0.2) is 0 Å². The molecule has 5 rings (SSSR count). The van der Waals surface area contributed by atoms with E-state index in [0.29, 0.717) is 34.0 Å². The molecule has 0 atom stereocenters. The summed E-state index contributed by atoms with van der Waals surface area (Å²) in [4.78, 5) is 26.7. The molecule has 2 heterocycles. The molecular formula is C29H21NO5. The van der Waals surface area contributed by atoms with Crippen molar-refractivity contribution in [2.75, 3.05) is 12.0 Å². The summed E-state index contributed by atoms with van der Waals surface area (Å²) >= 11 is 0. The van der Waals surface area contributed by atoms with Crippen LogP contribution < -0.4 is 4.90 Å². The van der Waals surface area contributed by atoms with Crippen molar-refractivity contribution >= 4 is 29.3 Å². The highest BCUT2D eigenvalue weighted by atomic mass is 16.5. The third-order valence-electron chi connectivity index (χ3n) is 5.66. The summed E-state index contributed by atoms with van der Waals surface area (Å²) in [7, 11) is 1.34. The van der Waals surface area contributed by atoms with Crippen molar-refractivity contribution in [2.24, 2.45) is 0 Å². The first-order valence-corrected chi connectivity index (χ1v) is 10.9. The molecule has 0 radical (unpaired) electrons. The van der Waals surface area contributed by atoms with Gasteiger partial charge < -0.3 is 14.3 Å². The summed E-state index contributed by atoms with van der Waals surface area (Å²) in [6.07, 6.45) is 3.51. The Morgan fingerprint density at radius 3 is 2.40 bits per heavy atom. The maximum Gasteiger partial charge on any atom is 0.337 e. The average Bonchev–Trinajstić information content (AvgIpc) is 3.49. The van der Waals surface area contributed by atoms with Crippen LogP contribution in [0.15, 0.2) is 107 Å². The summed E-state index contributed by atoms with van der Waals surface area (Å²) in [5.74, 6) is 0.569. The molecule has 1 N–H and O–H groups in total. The third-order valence-corrected chi connectivity index (χ3v) is 5.66. The molecule has 1 aromatic heterocycles. The molecule has 6 nitrogen and oxygen atoms in total. The molecule has 35 heavy (non-hydrogen) atoms. The number of carbonyl (C=O) groups excluding carboxylic acids is 2. The van der Waals surface area contributed by atoms with Crippen LogP contribution in [0.1, 0.15) is 21.7 Å². The fourth-order valence-electron chi connectivity index (χ4n) is 3.95. The fraction of sp³-hybridized carbons (Fsp3) is 0.0345. The molecule has 0 unspecified atom stereocenters. The van der Waals surface area contributed by atoms with Gasteiger partial charge in [0, 0.05) is 17.2 Å². The number of carbonyl (C=O) groups is 2. The van der Waals surface area contributed by atoms with Gasteiger partial charge in [0.25, 0.3) is 5.91 Å². The third kappa shape index (κ3) is 4.37. The van der Waals surface area contributed by atoms with Crippen LogP contribution in [0.25, 0.3) is 23.1 Å². The number of furan rings is 1. The molecule has 0 spiro atoms. The number of phenolic OH excluding ortho intramolecular Hbond substituents is 1. The van der Waals surface area contributed by atoms with Crippen molar-refractivity contribution < 1.29 is 23.8 Å². The number of hydrogen-bond acceptors (Lipinski definition) is 5. The minimum absolute atomic E-state index is 0.0778. The van der Waals surface area contributed by atoms with Crippen molar-refractivity contribution in [1.29, 1.82) is 0 Å². The number of aromatic hydroxyl groups is 1. The normalized spacial score (nSPS) is 14.3. The number of amides is 1. The number of ether oxygens (including phenoxy) is 1. The highest BCUT2D eigenvalue weighted by Crippen LogP contribution is 2.36. The lowest BCUT2D eigenvalue weighted by atomic mass is 10.1. The van der Waals surface area contributed by atoms with E-state index in [4.69, 9.17) is 9.15 Å². The van der Waals surface area contributed by atoms with Gasteiger partial charge in [-0.1, -0.05) is 48.5 Å². The van der Waals surface area contributed by atoms with E-state index >= 15 is 0 Å². The molecule has 1 aliphatic heterocycles. The second-order valence-electron chi connectivity index (χ2n) is 7.93. The Labute approximate surface area is 202 Å². The molecule has 0 bridgehead atoms. The van der Waals surface area contributed by atoms with Gasteiger partial charge in [-0.25, -0.2) is 4.79 Å². The number of phenols is 1. The second kappa shape index (κ2) is 9.19. The summed E-state index contributed by atoms with van der Waals surface area (Å²) in [6, 6.07) is 26.7. The zero-order chi connectivity index (χ0) is 24.4. The van der Waals surface area contributed by atoms with Gasteiger partial charge in [0.05, 0.1) is 24.1 Å². The Morgan fingerprint density at radius 2 is 1.69 bits per heavy atom. The number of hydrogen-bond donors (Lipinski definition) is 1. The van der Waals surface area contributed by atoms with Crippen LogP contribution in [-0.4, -0.2) is 24.1 Å². The topological polar surface area (TPSA) is 80.0 Å². The fourth-order valence-corrected chi connectivity index (χ4v) is 3.95. The average molecular weight is 463 g/mol. The van der Waals surface area contributed by atoms with E-state index in [9.17, 15) is 14.7 Å². The molecule has 172 valence electrons. The van der Waals surface area contributed by atoms with Crippen molar-refractivity contribution in [3.63, 3.8) is 0 Å². The molecule has 4 aromatic rings. The smallest absolute Gasteiger partial charge is 0.337 e. The number of rotatable bonds is 5. The van der Waals surface area contributed by atoms with E-state index in [1.165, 1.54) is 7.11 Å². The van der Waals surface area contributed by atoms with Crippen LogP contribution >= 0.6 is 0 Å². The van der Waals surface area contributed by atoms with E-state index in [-0.39, 0.29) is 11.7 Å². The molecule has 0 aliphatic carbocycles. The lowest BCUT2D eigenvalue weighted by molar-refractivity contribution is -0.113. The van der Waals surface area contributed by atoms with Crippen molar-refractivity contribution in [3.05, 3.63) is 120 Å². The van der Waals surface area contributed by atoms with Gasteiger partial charge in [-0.15, -0.1) is 0 Å². The predicted octanol–water partition coefficient (Wildman–Crippen LogP) is 5.91. The Kier molecular flexibility index (Phi) is 5.77. The Balaban J connectivity index is 1.49. The Bertz CT molecular complexity index is 1460. The minimum Gasteiger partial charge on any atom is -0.508 e. The van der Waals surface area contributed by atoms with Crippen molar-refractivity contribution in [3.8, 4) is 17.1 Å². The zero-order valence-corrected chi connectivity index (χ0v) is 18.8. The lowest BCUT2D eigenvalue weighted by Gasteiger charge is -2.21. The molecule has 1 aliphatic rings. The first-order valence-electron chi connectivity index (χ1n) is 10.9. The van der Waals surface area contributed by atoms with Crippen LogP contribution in [0.3, 0.4) is 0 Å². The maximum atomic E-state index is 13.5. The lowest BCUT2D eigenvalue weighted by Crippen LogP contribution is -2.24. The molecule has 6 heteroatoms. The number of anilines is 1. The van der Waals surface area contributed by atoms with E-state index in [2.05, 4.69) is 0 Å². The first-order chi connectivity index (χ1) is 17.0. The standard InChI is InChI=1S/C29H21NO5/c1-34-29(33)21-12-10-20(11-13-21)27-15-14-25(35-27)16-22-17-26(19-6-3-2-4-7-19)30(28(22)32)23-8-5-9-24(31)18-23/h2-18,31H,1H3/b22-16+. The monoisotopic (exact) mass is 463 g/mol. The Hall–Kier alpha value is -4.84. The highest BCUT2D eigenvalue weighted by Gasteiger charge is 2.30. The second-order valence-corrected chi connectivity index (χ2v) is 7.93. The van der Waals surface area contributed by atoms with Crippen molar-refractivity contribution in [2.45, 2.75) is 0 Å². The van der Waals surface area contributed by atoms with Crippen molar-refractivity contribution in [1.82, 2.24) is 0 Å². The van der Waals surface area contributed by atoms with E-state index in [1.807, 2.05) is 42.5 Å². The van der Waals surface area contributed by atoms with Gasteiger partial charge in [-0.3, -0.25) is 9.69 Å². The predicted molar refractivity (Wildman–Crippen MR) is 133 cm³/mol. The first kappa shape index (κ1) is 22.0. The van der Waals surface area contributed by atoms with E-state index < -0.39 is 5.97 Å². The highest BCUT2D eigenvalue weighted by molar-refractivity contribution is 6.23. The minimum atomic E-state index is -0.404. The maximum absolute atomic E-state index is 13.5. The van der Waals surface area contributed by atoms with E-state index in [0.717, 1.165) is 11.1 Å². The van der Waals surface area contributed by atoms with Crippen LogP contribution in [0.4, 0.5) is 5.69 Å². The van der Waals surface area contributed by atoms with Gasteiger partial charge in [-0.2, -0.15) is 0 Å². The quantitative estimate of drug-likeness (QED) is 0.294. The molecule has 0 fully saturated rings. The molecule has 3 aromatic carbocycles. The Morgan fingerprint density at radius 1 is 0.914 bits per heavy atom. The summed E-state index contributed by atoms with van der Waals surface area (Å²) < 4.78 is 10.7. The van der Waals surface area contributed by atoms with Gasteiger partial charge >= 0.3 is 5.97 Å². The van der Waals surface area contributed by atoms with Gasteiger partial charge in [-0.05, 0) is 54.1 Å². The molecule has 1 amide bonds. The van der Waals surface area contributed by atoms with Crippen LogP contribution in [0, 0.1) is 0 Å². The molecular weight excluding hydrogens is 442 g/mol. The number of nitrogens with zero attached hydrogens (tertiary/aromatic N) is 1. The van der Waals surface area contributed by atoms with Crippen LogP contribution in [0.2, 0.25) is 0 Å². The largest absolute Gasteiger partial charge is 0.508 e. The molecule has 0 saturated carbocycles. The summed E-state index contributed by atoms with van der Waals surface area (Å²) in [5.41, 5.74) is 3.85. The zero-order valence-electron chi connectivity index (χ0n) is 18.8.